The molecule has 0 saturated heterocycles. The Labute approximate surface area is 177 Å². The summed E-state index contributed by atoms with van der Waals surface area (Å²) in [7, 11) is -3.56. The summed E-state index contributed by atoms with van der Waals surface area (Å²) in [4.78, 5) is 34.7. The molecule has 0 aromatic carbocycles. The van der Waals surface area contributed by atoms with Crippen molar-refractivity contribution in [3.8, 4) is 0 Å². The number of rotatable bonds is 7. The Balaban J connectivity index is 1.51. The third-order valence-electron chi connectivity index (χ3n) is 7.03. The average Bonchev–Trinajstić information content (AvgIpc) is 2.74. The van der Waals surface area contributed by atoms with Gasteiger partial charge in [0, 0.05) is 35.8 Å². The van der Waals surface area contributed by atoms with Gasteiger partial charge in [-0.25, -0.2) is 13.1 Å². The van der Waals surface area contributed by atoms with Crippen LogP contribution in [-0.4, -0.2) is 48.8 Å². The molecule has 10 heteroatoms. The molecule has 0 heterocycles. The number of carbonyl (C=O) groups is 2. The van der Waals surface area contributed by atoms with Crippen molar-refractivity contribution in [1.82, 2.24) is 10.0 Å². The van der Waals surface area contributed by atoms with Crippen molar-refractivity contribution in [1.29, 1.82) is 0 Å². The van der Waals surface area contributed by atoms with Gasteiger partial charge in [0.25, 0.3) is 0 Å². The molecule has 0 aliphatic heterocycles. The van der Waals surface area contributed by atoms with Gasteiger partial charge in [0.15, 0.2) is 0 Å². The number of carbonyl (C=O) groups excluding carboxylic acids is 1. The summed E-state index contributed by atoms with van der Waals surface area (Å²) in [5.74, 6) is -1.63. The van der Waals surface area contributed by atoms with E-state index in [0.29, 0.717) is 57.8 Å². The van der Waals surface area contributed by atoms with Crippen molar-refractivity contribution in [2.75, 3.05) is 0 Å². The Morgan fingerprint density at radius 2 is 1.53 bits per heavy atom. The first-order valence-electron chi connectivity index (χ1n) is 11.2. The van der Waals surface area contributed by atoms with Gasteiger partial charge in [0.05, 0.1) is 11.2 Å². The number of amides is 1. The maximum Gasteiger partial charge on any atom is 0.306 e. The minimum atomic E-state index is -3.56. The summed E-state index contributed by atoms with van der Waals surface area (Å²) < 4.78 is 28.6. The number of hydrogen-bond donors (Lipinski definition) is 4. The van der Waals surface area contributed by atoms with Crippen LogP contribution in [0.5, 0.6) is 0 Å². The lowest BCUT2D eigenvalue weighted by Gasteiger charge is -2.32. The van der Waals surface area contributed by atoms with Crippen molar-refractivity contribution in [2.45, 2.75) is 100 Å². The molecule has 0 radical (unpaired) electrons. The van der Waals surface area contributed by atoms with Gasteiger partial charge in [0.2, 0.25) is 22.0 Å². The number of carboxylic acids is 1. The van der Waals surface area contributed by atoms with E-state index in [1.165, 1.54) is 0 Å². The van der Waals surface area contributed by atoms with Gasteiger partial charge in [-0.1, -0.05) is 6.42 Å². The zero-order valence-corrected chi connectivity index (χ0v) is 18.2. The molecule has 0 aromatic rings. The normalized spacial score (nSPS) is 35.3. The highest BCUT2D eigenvalue weighted by Crippen LogP contribution is 2.31. The summed E-state index contributed by atoms with van der Waals surface area (Å²) in [6.07, 6.45) is 7.41. The third kappa shape index (κ3) is 6.00. The highest BCUT2D eigenvalue weighted by Gasteiger charge is 2.38. The van der Waals surface area contributed by atoms with Crippen LogP contribution in [-0.2, 0) is 19.6 Å². The van der Waals surface area contributed by atoms with E-state index in [4.69, 9.17) is 5.11 Å². The second kappa shape index (κ2) is 10.2. The Kier molecular flexibility index (Phi) is 7.84. The fourth-order valence-electron chi connectivity index (χ4n) is 5.20. The van der Waals surface area contributed by atoms with Gasteiger partial charge in [0.1, 0.15) is 0 Å². The van der Waals surface area contributed by atoms with Crippen molar-refractivity contribution >= 4 is 21.9 Å². The number of nitrogens with one attached hydrogen (secondary N) is 3. The quantitative estimate of drug-likeness (QED) is 0.447. The minimum absolute atomic E-state index is 0.0303. The van der Waals surface area contributed by atoms with E-state index in [-0.39, 0.29) is 35.9 Å². The summed E-state index contributed by atoms with van der Waals surface area (Å²) in [6, 6.07) is -0.375. The maximum atomic E-state index is 12.9. The van der Waals surface area contributed by atoms with Crippen LogP contribution in [0.2, 0.25) is 0 Å². The molecule has 170 valence electrons. The largest absolute Gasteiger partial charge is 0.481 e. The van der Waals surface area contributed by atoms with E-state index in [0.717, 1.165) is 19.3 Å². The topological polar surface area (TPSA) is 144 Å². The highest BCUT2D eigenvalue weighted by atomic mass is 32.2. The van der Waals surface area contributed by atoms with Crippen LogP contribution in [0.15, 0.2) is 0 Å². The molecule has 0 bridgehead atoms. The summed E-state index contributed by atoms with van der Waals surface area (Å²) in [5, 5.41) is 13.6. The molecule has 0 aromatic heterocycles. The number of aliphatic carboxylic acids is 1. The lowest BCUT2D eigenvalue weighted by atomic mass is 9.86. The van der Waals surface area contributed by atoms with Gasteiger partial charge in [-0.05, 0) is 63.0 Å². The first kappa shape index (κ1) is 23.1. The molecule has 4 N–H and O–H groups in total. The van der Waals surface area contributed by atoms with Crippen LogP contribution >= 0.6 is 0 Å². The second-order valence-corrected chi connectivity index (χ2v) is 11.2. The van der Waals surface area contributed by atoms with E-state index >= 15 is 0 Å². The molecule has 3 aliphatic rings. The molecule has 30 heavy (non-hydrogen) atoms. The molecular formula is C20H34N3O6S+. The second-order valence-electron chi connectivity index (χ2n) is 9.22. The van der Waals surface area contributed by atoms with Crippen LogP contribution in [0, 0.1) is 16.7 Å². The smallest absolute Gasteiger partial charge is 0.306 e. The van der Waals surface area contributed by atoms with Crippen molar-refractivity contribution in [2.24, 2.45) is 11.8 Å². The van der Waals surface area contributed by atoms with Crippen LogP contribution < -0.4 is 15.2 Å². The van der Waals surface area contributed by atoms with Crippen LogP contribution in [0.25, 0.3) is 0 Å². The lowest BCUT2D eigenvalue weighted by Crippen LogP contribution is -2.74. The average molecular weight is 445 g/mol. The number of hydrogen-bond acceptors (Lipinski definition) is 5. The number of carboxylic acid groups (broad SMARTS) is 1. The summed E-state index contributed by atoms with van der Waals surface area (Å²) in [5.41, 5.74) is 0. The standard InChI is InChI=1S/C20H33N3O6S/c24-19(21-16-4-2-5-17(12-16)22-27)14-3-1-6-18(11-14)30(28,29)23-15-9-7-13(8-10-15)20(25)26/h13-18,23H,1-12H2,(H,21,24)(H,25,26)/p+1. The van der Waals surface area contributed by atoms with Crippen molar-refractivity contribution < 1.29 is 28.3 Å². The Bertz CT molecular complexity index is 735. The van der Waals surface area contributed by atoms with Crippen molar-refractivity contribution in [3.05, 3.63) is 4.91 Å². The van der Waals surface area contributed by atoms with Crippen LogP contribution in [0.1, 0.15) is 77.0 Å². The molecule has 3 aliphatic carbocycles. The van der Waals surface area contributed by atoms with Gasteiger partial charge in [-0.3, -0.25) is 9.59 Å². The lowest BCUT2D eigenvalue weighted by molar-refractivity contribution is -0.529. The first-order chi connectivity index (χ1) is 14.3. The molecule has 1 amide bonds. The molecule has 4 atom stereocenters. The summed E-state index contributed by atoms with van der Waals surface area (Å²) >= 11 is 0. The molecular weight excluding hydrogens is 410 g/mol. The van der Waals surface area contributed by atoms with Gasteiger partial charge in [-0.2, -0.15) is 0 Å². The van der Waals surface area contributed by atoms with E-state index in [1.54, 1.807) is 0 Å². The van der Waals surface area contributed by atoms with E-state index < -0.39 is 21.2 Å². The van der Waals surface area contributed by atoms with Crippen LogP contribution in [0.3, 0.4) is 0 Å². The Hall–Kier alpha value is -1.55. The summed E-state index contributed by atoms with van der Waals surface area (Å²) in [6.45, 7) is 0. The molecule has 3 rings (SSSR count). The van der Waals surface area contributed by atoms with Crippen molar-refractivity contribution in [3.63, 3.8) is 0 Å². The fraction of sp³-hybridized carbons (Fsp3) is 0.900. The number of nitroso groups, excluding NO2 is 1. The fourth-order valence-corrected chi connectivity index (χ4v) is 7.05. The van der Waals surface area contributed by atoms with Gasteiger partial charge in [-0.15, -0.1) is 0 Å². The minimum Gasteiger partial charge on any atom is -0.481 e. The molecule has 9 nitrogen and oxygen atoms in total. The Morgan fingerprint density at radius 1 is 0.833 bits per heavy atom. The van der Waals surface area contributed by atoms with E-state index in [2.05, 4.69) is 10.0 Å². The zero-order valence-electron chi connectivity index (χ0n) is 17.3. The predicted molar refractivity (Wildman–Crippen MR) is 110 cm³/mol. The SMILES string of the molecule is O=[NH+]C1CCCC(NC(=O)C2CCCC(S(=O)(=O)NC3CCC(C(=O)O)CC3)C2)C1. The van der Waals surface area contributed by atoms with Gasteiger partial charge < -0.3 is 10.4 Å². The molecule has 4 unspecified atom stereocenters. The third-order valence-corrected chi connectivity index (χ3v) is 9.00. The van der Waals surface area contributed by atoms with Gasteiger partial charge >= 0.3 is 5.97 Å². The molecule has 0 spiro atoms. The molecule has 3 fully saturated rings. The van der Waals surface area contributed by atoms with E-state index in [9.17, 15) is 22.9 Å². The van der Waals surface area contributed by atoms with E-state index in [1.807, 2.05) is 5.18 Å². The predicted octanol–water partition coefficient (Wildman–Crippen LogP) is 0.382. The first-order valence-corrected chi connectivity index (χ1v) is 12.7. The highest BCUT2D eigenvalue weighted by molar-refractivity contribution is 7.90. The maximum absolute atomic E-state index is 12.9. The Morgan fingerprint density at radius 3 is 2.20 bits per heavy atom. The van der Waals surface area contributed by atoms with Crippen LogP contribution in [0.4, 0.5) is 0 Å². The zero-order chi connectivity index (χ0) is 21.7. The molecule has 3 saturated carbocycles. The number of sulfonamides is 1. The monoisotopic (exact) mass is 444 g/mol.